The third-order valence-corrected chi connectivity index (χ3v) is 5.69. The van der Waals surface area contributed by atoms with E-state index in [0.29, 0.717) is 39.1 Å². The first-order valence-electron chi connectivity index (χ1n) is 9.90. The first kappa shape index (κ1) is 21.8. The lowest BCUT2D eigenvalue weighted by Gasteiger charge is -2.36. The van der Waals surface area contributed by atoms with Gasteiger partial charge in [-0.05, 0) is 30.3 Å². The third-order valence-electron chi connectivity index (χ3n) is 5.46. The number of benzene rings is 2. The first-order chi connectivity index (χ1) is 15.5. The summed E-state index contributed by atoms with van der Waals surface area (Å²) in [7, 11) is 4.48. The van der Waals surface area contributed by atoms with Crippen molar-refractivity contribution in [2.45, 2.75) is 12.6 Å². The SMILES string of the molecule is COC(=O)C1C=CC2=C(c3ccc(Cl)cc3OCC2=O)N1Cc1ccc(OC)cc1OC. The Hall–Kier alpha value is -3.45. The van der Waals surface area contributed by atoms with E-state index in [9.17, 15) is 9.59 Å². The maximum Gasteiger partial charge on any atom is 0.332 e. The van der Waals surface area contributed by atoms with E-state index in [2.05, 4.69) is 0 Å². The molecule has 0 N–H and O–H groups in total. The quantitative estimate of drug-likeness (QED) is 0.637. The van der Waals surface area contributed by atoms with Crippen molar-refractivity contribution in [1.82, 2.24) is 4.90 Å². The number of Topliss-reactive ketones (excluding diaryl/α,β-unsaturated/α-hetero) is 1. The topological polar surface area (TPSA) is 74.3 Å². The van der Waals surface area contributed by atoms with E-state index in [1.165, 1.54) is 7.11 Å². The van der Waals surface area contributed by atoms with Gasteiger partial charge >= 0.3 is 5.97 Å². The van der Waals surface area contributed by atoms with Crippen LogP contribution in [0.25, 0.3) is 5.70 Å². The highest BCUT2D eigenvalue weighted by molar-refractivity contribution is 6.30. The Balaban J connectivity index is 1.88. The van der Waals surface area contributed by atoms with Crippen LogP contribution in [-0.4, -0.2) is 50.6 Å². The minimum absolute atomic E-state index is 0.126. The second-order valence-electron chi connectivity index (χ2n) is 7.25. The van der Waals surface area contributed by atoms with Gasteiger partial charge in [-0.1, -0.05) is 23.8 Å². The third kappa shape index (κ3) is 3.91. The molecule has 7 nitrogen and oxygen atoms in total. The predicted octanol–water partition coefficient (Wildman–Crippen LogP) is 3.64. The summed E-state index contributed by atoms with van der Waals surface area (Å²) in [6, 6.07) is 9.88. The molecule has 0 fully saturated rings. The maximum absolute atomic E-state index is 12.9. The molecular weight excluding hydrogens is 434 g/mol. The molecule has 2 aromatic rings. The molecule has 32 heavy (non-hydrogen) atoms. The lowest BCUT2D eigenvalue weighted by atomic mass is 9.95. The predicted molar refractivity (Wildman–Crippen MR) is 119 cm³/mol. The molecule has 0 aliphatic carbocycles. The smallest absolute Gasteiger partial charge is 0.332 e. The van der Waals surface area contributed by atoms with Gasteiger partial charge in [0.1, 0.15) is 23.3 Å². The molecule has 1 unspecified atom stereocenters. The second kappa shape index (κ2) is 8.96. The molecular formula is C24H22ClNO6. The van der Waals surface area contributed by atoms with Gasteiger partial charge in [0, 0.05) is 34.3 Å². The summed E-state index contributed by atoms with van der Waals surface area (Å²) in [6.45, 7) is 0.143. The number of hydrogen-bond donors (Lipinski definition) is 0. The normalized spacial score (nSPS) is 17.2. The fourth-order valence-corrected chi connectivity index (χ4v) is 4.05. The van der Waals surface area contributed by atoms with E-state index in [1.54, 1.807) is 50.6 Å². The van der Waals surface area contributed by atoms with Gasteiger partial charge in [0.2, 0.25) is 5.78 Å². The number of rotatable bonds is 5. The maximum atomic E-state index is 12.9. The number of carbonyl (C=O) groups is 2. The molecule has 0 radical (unpaired) electrons. The number of halogens is 1. The van der Waals surface area contributed by atoms with Crippen molar-refractivity contribution in [3.63, 3.8) is 0 Å². The van der Waals surface area contributed by atoms with Gasteiger partial charge in [0.25, 0.3) is 0 Å². The van der Waals surface area contributed by atoms with Gasteiger partial charge in [0.05, 0.1) is 27.0 Å². The fraction of sp³-hybridized carbons (Fsp3) is 0.250. The minimum Gasteiger partial charge on any atom is -0.497 e. The highest BCUT2D eigenvalue weighted by Gasteiger charge is 2.36. The molecule has 1 atom stereocenters. The Morgan fingerprint density at radius 1 is 1.16 bits per heavy atom. The van der Waals surface area contributed by atoms with Crippen LogP contribution in [0.5, 0.6) is 17.2 Å². The molecule has 0 aromatic heterocycles. The van der Waals surface area contributed by atoms with Gasteiger partial charge in [-0.2, -0.15) is 0 Å². The van der Waals surface area contributed by atoms with E-state index >= 15 is 0 Å². The monoisotopic (exact) mass is 455 g/mol. The summed E-state index contributed by atoms with van der Waals surface area (Å²) in [4.78, 5) is 27.4. The molecule has 0 saturated heterocycles. The standard InChI is InChI=1S/C24H22ClNO6/c1-29-16-6-4-14(21(11-16)30-2)12-26-19(24(28)31-3)9-8-17-20(27)13-32-22-10-15(25)5-7-18(22)23(17)26/h4-11,19H,12-13H2,1-3H3. The number of fused-ring (bicyclic) bond motifs is 2. The van der Waals surface area contributed by atoms with Crippen molar-refractivity contribution in [2.24, 2.45) is 0 Å². The van der Waals surface area contributed by atoms with Gasteiger partial charge in [-0.15, -0.1) is 0 Å². The van der Waals surface area contributed by atoms with Crippen molar-refractivity contribution in [2.75, 3.05) is 27.9 Å². The lowest BCUT2D eigenvalue weighted by molar-refractivity contribution is -0.144. The molecule has 2 aromatic carbocycles. The second-order valence-corrected chi connectivity index (χ2v) is 7.68. The van der Waals surface area contributed by atoms with Crippen LogP contribution in [0.4, 0.5) is 0 Å². The van der Waals surface area contributed by atoms with Crippen LogP contribution in [0.2, 0.25) is 5.02 Å². The molecule has 0 bridgehead atoms. The molecule has 2 aliphatic heterocycles. The fourth-order valence-electron chi connectivity index (χ4n) is 3.89. The molecule has 2 aliphatic rings. The van der Waals surface area contributed by atoms with Crippen LogP contribution in [0.1, 0.15) is 11.1 Å². The van der Waals surface area contributed by atoms with Crippen LogP contribution >= 0.6 is 11.6 Å². The van der Waals surface area contributed by atoms with Gasteiger partial charge in [-0.3, -0.25) is 4.79 Å². The zero-order valence-electron chi connectivity index (χ0n) is 17.9. The van der Waals surface area contributed by atoms with Crippen LogP contribution in [0.15, 0.2) is 54.1 Å². The van der Waals surface area contributed by atoms with Crippen molar-refractivity contribution >= 4 is 29.1 Å². The number of esters is 1. The van der Waals surface area contributed by atoms with Gasteiger partial charge < -0.3 is 23.8 Å². The number of methoxy groups -OCH3 is 3. The molecule has 0 spiro atoms. The summed E-state index contributed by atoms with van der Waals surface area (Å²) >= 11 is 6.17. The Morgan fingerprint density at radius 2 is 1.97 bits per heavy atom. The zero-order valence-corrected chi connectivity index (χ0v) is 18.6. The van der Waals surface area contributed by atoms with E-state index in [1.807, 2.05) is 17.0 Å². The molecule has 0 saturated carbocycles. The van der Waals surface area contributed by atoms with Crippen molar-refractivity contribution in [3.8, 4) is 17.2 Å². The van der Waals surface area contributed by atoms with Crippen LogP contribution in [0, 0.1) is 0 Å². The highest BCUT2D eigenvalue weighted by Crippen LogP contribution is 2.41. The summed E-state index contributed by atoms with van der Waals surface area (Å²) < 4.78 is 21.6. The Bertz CT molecular complexity index is 1140. The van der Waals surface area contributed by atoms with Crippen LogP contribution in [-0.2, 0) is 20.9 Å². The number of nitrogens with zero attached hydrogens (tertiary/aromatic N) is 1. The summed E-state index contributed by atoms with van der Waals surface area (Å²) in [5, 5.41) is 0.486. The van der Waals surface area contributed by atoms with Crippen molar-refractivity contribution < 1.29 is 28.5 Å². The van der Waals surface area contributed by atoms with Crippen molar-refractivity contribution in [1.29, 1.82) is 0 Å². The molecule has 2 heterocycles. The van der Waals surface area contributed by atoms with Gasteiger partial charge in [0.15, 0.2) is 6.61 Å². The number of ether oxygens (including phenoxy) is 4. The van der Waals surface area contributed by atoms with E-state index in [4.69, 9.17) is 30.5 Å². The summed E-state index contributed by atoms with van der Waals surface area (Å²) in [5.41, 5.74) is 2.51. The zero-order chi connectivity index (χ0) is 22.8. The highest BCUT2D eigenvalue weighted by atomic mass is 35.5. The lowest BCUT2D eigenvalue weighted by Crippen LogP contribution is -2.41. The largest absolute Gasteiger partial charge is 0.497 e. The van der Waals surface area contributed by atoms with Crippen LogP contribution < -0.4 is 14.2 Å². The Morgan fingerprint density at radius 3 is 2.69 bits per heavy atom. The molecule has 166 valence electrons. The van der Waals surface area contributed by atoms with E-state index in [-0.39, 0.29) is 18.9 Å². The summed E-state index contributed by atoms with van der Waals surface area (Å²) in [5.74, 6) is 1.07. The van der Waals surface area contributed by atoms with E-state index < -0.39 is 12.0 Å². The Labute approximate surface area is 190 Å². The number of ketones is 1. The number of allylic oxidation sites excluding steroid dienone is 1. The summed E-state index contributed by atoms with van der Waals surface area (Å²) in [6.07, 6.45) is 3.33. The number of carbonyl (C=O) groups excluding carboxylic acids is 2. The Kier molecular flexibility index (Phi) is 6.10. The van der Waals surface area contributed by atoms with Crippen molar-refractivity contribution in [3.05, 3.63) is 70.3 Å². The molecule has 4 rings (SSSR count). The molecule has 0 amide bonds. The first-order valence-corrected chi connectivity index (χ1v) is 10.3. The van der Waals surface area contributed by atoms with Crippen LogP contribution in [0.3, 0.4) is 0 Å². The van der Waals surface area contributed by atoms with Gasteiger partial charge in [-0.25, -0.2) is 4.79 Å². The average molecular weight is 456 g/mol. The minimum atomic E-state index is -0.750. The van der Waals surface area contributed by atoms with E-state index in [0.717, 1.165) is 5.56 Å². The molecule has 8 heteroatoms. The average Bonchev–Trinajstić information content (AvgIpc) is 2.95. The number of hydrogen-bond acceptors (Lipinski definition) is 7.